The summed E-state index contributed by atoms with van der Waals surface area (Å²) in [7, 11) is 0. The highest BCUT2D eigenvalue weighted by atomic mass is 15.3. The standard InChI is InChI=1S/C64H54N4/c1-42-34-44(3)59(45(4)35-42)61(60-46(5)36-43(2)37-47(60)6)51-30-32-57(33-31-51)68(58-29-19-28-53(41-58)48-20-11-7-12-21-48)64-66-62(52-26-17-10-18-27-52)65-63(67-64)56-39-54(49-22-13-8-14-23-49)38-55(40-56)50-24-15-9-16-25-50/h7-41,61H,1-6H3. The van der Waals surface area contributed by atoms with Crippen molar-refractivity contribution in [2.75, 3.05) is 4.90 Å². The van der Waals surface area contributed by atoms with Crippen LogP contribution in [0, 0.1) is 41.5 Å². The van der Waals surface area contributed by atoms with Crippen molar-refractivity contribution in [2.24, 2.45) is 0 Å². The summed E-state index contributed by atoms with van der Waals surface area (Å²) in [5.74, 6) is 1.73. The molecule has 0 saturated heterocycles. The van der Waals surface area contributed by atoms with E-state index in [0.717, 1.165) is 55.9 Å². The van der Waals surface area contributed by atoms with Crippen LogP contribution < -0.4 is 4.90 Å². The highest BCUT2D eigenvalue weighted by Gasteiger charge is 2.26. The average Bonchev–Trinajstić information content (AvgIpc) is 3.36. The molecule has 4 nitrogen and oxygen atoms in total. The van der Waals surface area contributed by atoms with Gasteiger partial charge in [0.25, 0.3) is 0 Å². The minimum Gasteiger partial charge on any atom is -0.279 e. The van der Waals surface area contributed by atoms with Crippen molar-refractivity contribution < 1.29 is 0 Å². The van der Waals surface area contributed by atoms with Crippen LogP contribution in [0.2, 0.25) is 0 Å². The van der Waals surface area contributed by atoms with Crippen LogP contribution in [0.15, 0.2) is 212 Å². The Morgan fingerprint density at radius 2 is 0.706 bits per heavy atom. The SMILES string of the molecule is Cc1cc(C)c(C(c2ccc(N(c3cccc(-c4ccccc4)c3)c3nc(-c4ccccc4)nc(-c4cc(-c5ccccc5)cc(-c5ccccc5)c4)n3)cc2)c2c(C)cc(C)cc2C)c(C)c1. The van der Waals surface area contributed by atoms with E-state index in [4.69, 9.17) is 15.0 Å². The third kappa shape index (κ3) is 9.01. The largest absolute Gasteiger partial charge is 0.279 e. The lowest BCUT2D eigenvalue weighted by molar-refractivity contribution is 0.919. The molecule has 0 radical (unpaired) electrons. The second kappa shape index (κ2) is 18.9. The molecule has 9 aromatic carbocycles. The van der Waals surface area contributed by atoms with Crippen molar-refractivity contribution in [3.05, 3.63) is 262 Å². The fourth-order valence-electron chi connectivity index (χ4n) is 10.1. The number of rotatable bonds is 11. The van der Waals surface area contributed by atoms with Crippen LogP contribution in [0.1, 0.15) is 56.0 Å². The fourth-order valence-corrected chi connectivity index (χ4v) is 10.1. The van der Waals surface area contributed by atoms with Gasteiger partial charge in [0.05, 0.1) is 0 Å². The molecule has 1 aromatic heterocycles. The third-order valence-corrected chi connectivity index (χ3v) is 13.0. The summed E-state index contributed by atoms with van der Waals surface area (Å²) in [6, 6.07) is 75.5. The maximum atomic E-state index is 5.47. The van der Waals surface area contributed by atoms with Gasteiger partial charge in [-0.05, 0) is 156 Å². The molecule has 0 aliphatic carbocycles. The number of aryl methyl sites for hydroxylation is 6. The zero-order chi connectivity index (χ0) is 46.7. The lowest BCUT2D eigenvalue weighted by Crippen LogP contribution is -2.16. The van der Waals surface area contributed by atoms with Gasteiger partial charge in [-0.1, -0.05) is 181 Å². The minimum absolute atomic E-state index is 0.0317. The van der Waals surface area contributed by atoms with Crippen molar-refractivity contribution in [1.29, 1.82) is 0 Å². The minimum atomic E-state index is 0.0317. The molecule has 0 fully saturated rings. The Kier molecular flexibility index (Phi) is 12.2. The molecule has 10 aromatic rings. The highest BCUT2D eigenvalue weighted by Crippen LogP contribution is 2.43. The monoisotopic (exact) mass is 878 g/mol. The van der Waals surface area contributed by atoms with Gasteiger partial charge >= 0.3 is 0 Å². The topological polar surface area (TPSA) is 41.9 Å². The van der Waals surface area contributed by atoms with E-state index in [-0.39, 0.29) is 5.92 Å². The molecule has 0 aliphatic rings. The van der Waals surface area contributed by atoms with Crippen molar-refractivity contribution >= 4 is 17.3 Å². The molecule has 0 saturated carbocycles. The Morgan fingerprint density at radius 1 is 0.309 bits per heavy atom. The van der Waals surface area contributed by atoms with Crippen molar-refractivity contribution in [1.82, 2.24) is 15.0 Å². The van der Waals surface area contributed by atoms with Crippen LogP contribution in [-0.2, 0) is 0 Å². The quantitative estimate of drug-likeness (QED) is 0.121. The Balaban J connectivity index is 1.20. The number of hydrogen-bond donors (Lipinski definition) is 0. The maximum Gasteiger partial charge on any atom is 0.238 e. The molecule has 1 heterocycles. The molecule has 10 rings (SSSR count). The molecular weight excluding hydrogens is 825 g/mol. The first kappa shape index (κ1) is 43.7. The van der Waals surface area contributed by atoms with E-state index in [0.29, 0.717) is 17.6 Å². The van der Waals surface area contributed by atoms with E-state index in [1.807, 2.05) is 18.2 Å². The number of benzene rings is 9. The second-order valence-electron chi connectivity index (χ2n) is 18.1. The first-order valence-corrected chi connectivity index (χ1v) is 23.5. The van der Waals surface area contributed by atoms with Gasteiger partial charge in [0.1, 0.15) is 0 Å². The van der Waals surface area contributed by atoms with Gasteiger partial charge in [-0.2, -0.15) is 9.97 Å². The Hall–Kier alpha value is -8.21. The molecule has 0 spiro atoms. The van der Waals surface area contributed by atoms with Crippen molar-refractivity contribution in [3.63, 3.8) is 0 Å². The molecular formula is C64H54N4. The van der Waals surface area contributed by atoms with Gasteiger partial charge in [0.2, 0.25) is 5.95 Å². The first-order valence-electron chi connectivity index (χ1n) is 23.5. The molecule has 0 aliphatic heterocycles. The van der Waals surface area contributed by atoms with Crippen LogP contribution in [0.3, 0.4) is 0 Å². The number of anilines is 3. The van der Waals surface area contributed by atoms with Gasteiger partial charge in [0.15, 0.2) is 11.6 Å². The molecule has 68 heavy (non-hydrogen) atoms. The highest BCUT2D eigenvalue weighted by molar-refractivity contribution is 5.82. The first-order chi connectivity index (χ1) is 33.2. The van der Waals surface area contributed by atoms with Crippen LogP contribution in [-0.4, -0.2) is 15.0 Å². The maximum absolute atomic E-state index is 5.47. The molecule has 0 amide bonds. The van der Waals surface area contributed by atoms with E-state index in [1.165, 1.54) is 50.1 Å². The van der Waals surface area contributed by atoms with E-state index < -0.39 is 0 Å². The summed E-state index contributed by atoms with van der Waals surface area (Å²) in [4.78, 5) is 18.3. The summed E-state index contributed by atoms with van der Waals surface area (Å²) in [6.45, 7) is 13.4. The van der Waals surface area contributed by atoms with Crippen LogP contribution in [0.4, 0.5) is 17.3 Å². The molecule has 330 valence electrons. The Bertz CT molecular complexity index is 3220. The normalized spacial score (nSPS) is 11.2. The van der Waals surface area contributed by atoms with Gasteiger partial charge in [-0.25, -0.2) is 4.98 Å². The van der Waals surface area contributed by atoms with E-state index in [9.17, 15) is 0 Å². The van der Waals surface area contributed by atoms with Crippen LogP contribution >= 0.6 is 0 Å². The third-order valence-electron chi connectivity index (χ3n) is 13.0. The molecule has 0 atom stereocenters. The van der Waals surface area contributed by atoms with Gasteiger partial charge in [0, 0.05) is 28.4 Å². The van der Waals surface area contributed by atoms with Crippen molar-refractivity contribution in [2.45, 2.75) is 47.5 Å². The van der Waals surface area contributed by atoms with E-state index >= 15 is 0 Å². The number of hydrogen-bond acceptors (Lipinski definition) is 4. The molecule has 4 heteroatoms. The zero-order valence-corrected chi connectivity index (χ0v) is 39.6. The summed E-state index contributed by atoms with van der Waals surface area (Å²) in [5.41, 5.74) is 22.0. The van der Waals surface area contributed by atoms with Gasteiger partial charge in [-0.15, -0.1) is 0 Å². The molecule has 0 bridgehead atoms. The van der Waals surface area contributed by atoms with Crippen molar-refractivity contribution in [3.8, 4) is 56.2 Å². The summed E-state index contributed by atoms with van der Waals surface area (Å²) >= 11 is 0. The number of nitrogens with zero attached hydrogens (tertiary/aromatic N) is 4. The summed E-state index contributed by atoms with van der Waals surface area (Å²) in [6.07, 6.45) is 0. The lowest BCUT2D eigenvalue weighted by atomic mass is 9.77. The van der Waals surface area contributed by atoms with E-state index in [1.54, 1.807) is 0 Å². The lowest BCUT2D eigenvalue weighted by Gasteiger charge is -2.28. The zero-order valence-electron chi connectivity index (χ0n) is 39.6. The van der Waals surface area contributed by atoms with Crippen LogP contribution in [0.25, 0.3) is 56.2 Å². The Labute approximate surface area is 401 Å². The molecule has 0 unspecified atom stereocenters. The van der Waals surface area contributed by atoms with E-state index in [2.05, 4.69) is 241 Å². The van der Waals surface area contributed by atoms with Gasteiger partial charge < -0.3 is 0 Å². The summed E-state index contributed by atoms with van der Waals surface area (Å²) < 4.78 is 0. The Morgan fingerprint density at radius 3 is 1.18 bits per heavy atom. The van der Waals surface area contributed by atoms with Gasteiger partial charge in [-0.3, -0.25) is 4.90 Å². The average molecular weight is 879 g/mol. The number of aromatic nitrogens is 3. The predicted molar refractivity (Wildman–Crippen MR) is 284 cm³/mol. The van der Waals surface area contributed by atoms with Crippen LogP contribution in [0.5, 0.6) is 0 Å². The summed E-state index contributed by atoms with van der Waals surface area (Å²) in [5, 5.41) is 0. The fraction of sp³-hybridized carbons (Fsp3) is 0.109. The second-order valence-corrected chi connectivity index (χ2v) is 18.1. The smallest absolute Gasteiger partial charge is 0.238 e. The predicted octanol–water partition coefficient (Wildman–Crippen LogP) is 16.7. The molecule has 0 N–H and O–H groups in total.